The average Bonchev–Trinajstić information content (AvgIpc) is 2.34. The molecule has 1 aromatic heterocycles. The van der Waals surface area contributed by atoms with Crippen LogP contribution in [0.25, 0.3) is 0 Å². The van der Waals surface area contributed by atoms with Crippen LogP contribution in [0.5, 0.6) is 0 Å². The molecule has 18 heavy (non-hydrogen) atoms. The fourth-order valence-electron chi connectivity index (χ4n) is 1.84. The van der Waals surface area contributed by atoms with E-state index in [4.69, 9.17) is 0 Å². The number of benzene rings is 1. The van der Waals surface area contributed by atoms with Crippen molar-refractivity contribution in [3.8, 4) is 0 Å². The van der Waals surface area contributed by atoms with Gasteiger partial charge in [-0.2, -0.15) is 0 Å². The van der Waals surface area contributed by atoms with Crippen molar-refractivity contribution < 1.29 is 4.39 Å². The summed E-state index contributed by atoms with van der Waals surface area (Å²) < 4.78 is 13.4. The van der Waals surface area contributed by atoms with Crippen LogP contribution in [0.3, 0.4) is 0 Å². The van der Waals surface area contributed by atoms with Crippen molar-refractivity contribution in [2.24, 2.45) is 0 Å². The first-order valence-electron chi connectivity index (χ1n) is 5.88. The minimum Gasteiger partial charge on any atom is -0.377 e. The Labute approximate surface area is 106 Å². The third kappa shape index (κ3) is 2.64. The molecule has 0 radical (unpaired) electrons. The van der Waals surface area contributed by atoms with Gasteiger partial charge in [0.25, 0.3) is 0 Å². The molecule has 0 amide bonds. The summed E-state index contributed by atoms with van der Waals surface area (Å²) in [7, 11) is 0. The minimum atomic E-state index is -0.205. The number of anilines is 1. The Balaban J connectivity index is 2.19. The lowest BCUT2D eigenvalue weighted by Crippen LogP contribution is -2.11. The summed E-state index contributed by atoms with van der Waals surface area (Å²) >= 11 is 0. The Morgan fingerprint density at radius 1 is 1.17 bits per heavy atom. The van der Waals surface area contributed by atoms with E-state index in [-0.39, 0.29) is 11.9 Å². The van der Waals surface area contributed by atoms with Gasteiger partial charge in [0, 0.05) is 18.1 Å². The third-order valence-corrected chi connectivity index (χ3v) is 2.88. The van der Waals surface area contributed by atoms with E-state index < -0.39 is 0 Å². The Hall–Kier alpha value is -1.97. The molecule has 1 aromatic carbocycles. The fraction of sp³-hybridized carbons (Fsp3) is 0.286. The minimum absolute atomic E-state index is 0.0131. The standard InChI is InChI=1S/C14H16FN3/c1-9-4-5-12(8-13(9)15)18-11(3)14-10(2)16-6-7-17-14/h4-8,11,18H,1-3H3. The van der Waals surface area contributed by atoms with Gasteiger partial charge in [0.2, 0.25) is 0 Å². The zero-order valence-electron chi connectivity index (χ0n) is 10.7. The van der Waals surface area contributed by atoms with E-state index in [1.807, 2.05) is 19.9 Å². The first kappa shape index (κ1) is 12.5. The van der Waals surface area contributed by atoms with Gasteiger partial charge in [-0.3, -0.25) is 9.97 Å². The van der Waals surface area contributed by atoms with Gasteiger partial charge in [0.15, 0.2) is 0 Å². The van der Waals surface area contributed by atoms with Crippen molar-refractivity contribution >= 4 is 5.69 Å². The van der Waals surface area contributed by atoms with Crippen molar-refractivity contribution in [2.75, 3.05) is 5.32 Å². The van der Waals surface area contributed by atoms with Crippen LogP contribution < -0.4 is 5.32 Å². The maximum atomic E-state index is 13.4. The molecule has 1 atom stereocenters. The molecule has 0 aliphatic carbocycles. The molecule has 0 saturated carbocycles. The van der Waals surface area contributed by atoms with Crippen molar-refractivity contribution in [3.63, 3.8) is 0 Å². The van der Waals surface area contributed by atoms with E-state index in [0.29, 0.717) is 5.56 Å². The van der Waals surface area contributed by atoms with Crippen LogP contribution in [0, 0.1) is 19.7 Å². The van der Waals surface area contributed by atoms with E-state index in [1.54, 1.807) is 25.4 Å². The van der Waals surface area contributed by atoms with E-state index >= 15 is 0 Å². The number of halogens is 1. The van der Waals surface area contributed by atoms with Crippen molar-refractivity contribution in [2.45, 2.75) is 26.8 Å². The summed E-state index contributed by atoms with van der Waals surface area (Å²) in [6.45, 7) is 5.64. The van der Waals surface area contributed by atoms with Crippen LogP contribution in [0.2, 0.25) is 0 Å². The highest BCUT2D eigenvalue weighted by atomic mass is 19.1. The maximum Gasteiger partial charge on any atom is 0.128 e. The van der Waals surface area contributed by atoms with Gasteiger partial charge in [-0.05, 0) is 38.5 Å². The van der Waals surface area contributed by atoms with Crippen LogP contribution in [0.1, 0.15) is 29.9 Å². The number of hydrogen-bond donors (Lipinski definition) is 1. The lowest BCUT2D eigenvalue weighted by Gasteiger charge is -2.16. The lowest BCUT2D eigenvalue weighted by atomic mass is 10.1. The topological polar surface area (TPSA) is 37.8 Å². The van der Waals surface area contributed by atoms with Crippen LogP contribution in [0.4, 0.5) is 10.1 Å². The quantitative estimate of drug-likeness (QED) is 0.900. The molecule has 0 saturated heterocycles. The van der Waals surface area contributed by atoms with Gasteiger partial charge >= 0.3 is 0 Å². The van der Waals surface area contributed by atoms with E-state index in [2.05, 4.69) is 15.3 Å². The van der Waals surface area contributed by atoms with Crippen molar-refractivity contribution in [1.82, 2.24) is 9.97 Å². The highest BCUT2D eigenvalue weighted by Crippen LogP contribution is 2.20. The highest BCUT2D eigenvalue weighted by molar-refractivity contribution is 5.46. The molecule has 0 spiro atoms. The Morgan fingerprint density at radius 3 is 2.56 bits per heavy atom. The van der Waals surface area contributed by atoms with Crippen molar-refractivity contribution in [1.29, 1.82) is 0 Å². The number of rotatable bonds is 3. The molecular weight excluding hydrogens is 229 g/mol. The average molecular weight is 245 g/mol. The van der Waals surface area contributed by atoms with Gasteiger partial charge in [0.1, 0.15) is 5.82 Å². The van der Waals surface area contributed by atoms with Crippen LogP contribution >= 0.6 is 0 Å². The zero-order chi connectivity index (χ0) is 13.1. The SMILES string of the molecule is Cc1ccc(NC(C)c2nccnc2C)cc1F. The Morgan fingerprint density at radius 2 is 1.89 bits per heavy atom. The summed E-state index contributed by atoms with van der Waals surface area (Å²) in [6, 6.07) is 5.10. The summed E-state index contributed by atoms with van der Waals surface area (Å²) in [4.78, 5) is 8.49. The maximum absolute atomic E-state index is 13.4. The summed E-state index contributed by atoms with van der Waals surface area (Å²) in [5.74, 6) is -0.205. The molecule has 0 aliphatic rings. The molecule has 0 fully saturated rings. The van der Waals surface area contributed by atoms with Crippen molar-refractivity contribution in [3.05, 3.63) is 53.4 Å². The fourth-order valence-corrected chi connectivity index (χ4v) is 1.84. The molecule has 0 aliphatic heterocycles. The van der Waals surface area contributed by atoms with Gasteiger partial charge < -0.3 is 5.32 Å². The molecule has 3 nitrogen and oxygen atoms in total. The van der Waals surface area contributed by atoms with Gasteiger partial charge in [-0.15, -0.1) is 0 Å². The normalized spacial score (nSPS) is 12.2. The molecule has 0 bridgehead atoms. The molecule has 94 valence electrons. The first-order valence-corrected chi connectivity index (χ1v) is 5.88. The van der Waals surface area contributed by atoms with Crippen LogP contribution in [0.15, 0.2) is 30.6 Å². The van der Waals surface area contributed by atoms with E-state index in [9.17, 15) is 4.39 Å². The second-order valence-corrected chi connectivity index (χ2v) is 4.36. The third-order valence-electron chi connectivity index (χ3n) is 2.88. The van der Waals surface area contributed by atoms with E-state index in [1.165, 1.54) is 6.07 Å². The highest BCUT2D eigenvalue weighted by Gasteiger charge is 2.10. The molecule has 1 heterocycles. The molecule has 2 rings (SSSR count). The summed E-state index contributed by atoms with van der Waals surface area (Å²) in [5.41, 5.74) is 3.14. The largest absolute Gasteiger partial charge is 0.377 e. The summed E-state index contributed by atoms with van der Waals surface area (Å²) in [5, 5.41) is 3.22. The molecule has 1 unspecified atom stereocenters. The Kier molecular flexibility index (Phi) is 3.55. The molecule has 2 aromatic rings. The zero-order valence-corrected chi connectivity index (χ0v) is 10.7. The number of aryl methyl sites for hydroxylation is 2. The monoisotopic (exact) mass is 245 g/mol. The molecular formula is C14H16FN3. The predicted molar refractivity (Wildman–Crippen MR) is 69.9 cm³/mol. The van der Waals surface area contributed by atoms with E-state index in [0.717, 1.165) is 17.1 Å². The smallest absolute Gasteiger partial charge is 0.128 e. The second kappa shape index (κ2) is 5.12. The molecule has 4 heteroatoms. The number of nitrogens with zero attached hydrogens (tertiary/aromatic N) is 2. The van der Waals surface area contributed by atoms with Crippen LogP contribution in [-0.2, 0) is 0 Å². The molecule has 1 N–H and O–H groups in total. The summed E-state index contributed by atoms with van der Waals surface area (Å²) in [6.07, 6.45) is 3.33. The number of hydrogen-bond acceptors (Lipinski definition) is 3. The lowest BCUT2D eigenvalue weighted by molar-refractivity contribution is 0.618. The van der Waals surface area contributed by atoms with Gasteiger partial charge in [-0.1, -0.05) is 6.07 Å². The first-order chi connectivity index (χ1) is 8.58. The Bertz CT molecular complexity index is 554. The predicted octanol–water partition coefficient (Wildman–Crippen LogP) is 3.41. The number of nitrogens with one attached hydrogen (secondary N) is 1. The second-order valence-electron chi connectivity index (χ2n) is 4.36. The van der Waals surface area contributed by atoms with Gasteiger partial charge in [0.05, 0.1) is 17.4 Å². The number of aromatic nitrogens is 2. The van der Waals surface area contributed by atoms with Gasteiger partial charge in [-0.25, -0.2) is 4.39 Å². The van der Waals surface area contributed by atoms with Crippen LogP contribution in [-0.4, -0.2) is 9.97 Å².